The van der Waals surface area contributed by atoms with Crippen molar-refractivity contribution in [1.82, 2.24) is 10.1 Å². The first kappa shape index (κ1) is 21.7. The van der Waals surface area contributed by atoms with Crippen LogP contribution in [0, 0.1) is 5.92 Å². The number of benzene rings is 1. The zero-order valence-electron chi connectivity index (χ0n) is 18.3. The second-order valence-electron chi connectivity index (χ2n) is 7.78. The van der Waals surface area contributed by atoms with E-state index in [-0.39, 0.29) is 11.8 Å². The molecule has 0 saturated heterocycles. The van der Waals surface area contributed by atoms with E-state index in [0.717, 1.165) is 41.6 Å². The minimum Gasteiger partial charge on any atom is -0.467 e. The van der Waals surface area contributed by atoms with E-state index in [1.54, 1.807) is 6.26 Å². The summed E-state index contributed by atoms with van der Waals surface area (Å²) in [7, 11) is 0. The van der Waals surface area contributed by atoms with E-state index >= 15 is 0 Å². The Labute approximate surface area is 178 Å². The van der Waals surface area contributed by atoms with Crippen molar-refractivity contribution in [2.75, 3.05) is 18.0 Å². The predicted octanol–water partition coefficient (Wildman–Crippen LogP) is 5.36. The van der Waals surface area contributed by atoms with E-state index in [1.807, 2.05) is 47.4 Å². The van der Waals surface area contributed by atoms with Crippen molar-refractivity contribution in [3.63, 3.8) is 0 Å². The van der Waals surface area contributed by atoms with Crippen LogP contribution in [0.5, 0.6) is 0 Å². The van der Waals surface area contributed by atoms with Crippen molar-refractivity contribution >= 4 is 11.8 Å². The maximum Gasteiger partial charge on any atom is 0.232 e. The molecule has 0 aliphatic carbocycles. The number of carbonyl (C=O) groups is 1. The Morgan fingerprint density at radius 2 is 1.77 bits per heavy atom. The van der Waals surface area contributed by atoms with Gasteiger partial charge in [-0.3, -0.25) is 4.79 Å². The van der Waals surface area contributed by atoms with Crippen LogP contribution in [0.2, 0.25) is 0 Å². The molecule has 0 N–H and O–H groups in total. The van der Waals surface area contributed by atoms with Crippen LogP contribution in [0.15, 0.2) is 57.7 Å². The molecule has 6 heteroatoms. The highest BCUT2D eigenvalue weighted by Gasteiger charge is 2.26. The molecule has 2 heterocycles. The molecule has 160 valence electrons. The third kappa shape index (κ3) is 5.12. The van der Waals surface area contributed by atoms with Crippen molar-refractivity contribution in [2.45, 2.75) is 47.2 Å². The number of furan rings is 1. The summed E-state index contributed by atoms with van der Waals surface area (Å²) in [6.45, 7) is 10.7. The first-order valence-corrected chi connectivity index (χ1v) is 10.6. The van der Waals surface area contributed by atoms with Crippen LogP contribution in [0.1, 0.15) is 45.4 Å². The van der Waals surface area contributed by atoms with E-state index in [4.69, 9.17) is 8.94 Å². The van der Waals surface area contributed by atoms with Gasteiger partial charge < -0.3 is 18.7 Å². The highest BCUT2D eigenvalue weighted by atomic mass is 16.5. The molecule has 1 aromatic carbocycles. The molecule has 0 atom stereocenters. The van der Waals surface area contributed by atoms with Crippen LogP contribution < -0.4 is 4.90 Å². The standard InChI is InChI=1S/C24H31N3O3/c1-5-26(6-2)24-21(23(25-30-24)19-11-8-7-9-12-19)17-27(22(28)15-18(3)4)16-20-13-10-14-29-20/h7-14,18H,5-6,15-17H2,1-4H3. The number of hydrogen-bond donors (Lipinski definition) is 0. The number of nitrogens with zero attached hydrogens (tertiary/aromatic N) is 3. The van der Waals surface area contributed by atoms with E-state index in [9.17, 15) is 4.79 Å². The number of carbonyl (C=O) groups excluding carboxylic acids is 1. The van der Waals surface area contributed by atoms with Gasteiger partial charge in [0.15, 0.2) is 0 Å². The molecule has 3 rings (SSSR count). The summed E-state index contributed by atoms with van der Waals surface area (Å²) in [4.78, 5) is 17.1. The van der Waals surface area contributed by atoms with Gasteiger partial charge in [0.2, 0.25) is 11.8 Å². The average molecular weight is 410 g/mol. The summed E-state index contributed by atoms with van der Waals surface area (Å²) in [5, 5.41) is 4.40. The van der Waals surface area contributed by atoms with Gasteiger partial charge in [-0.1, -0.05) is 49.3 Å². The molecular formula is C24H31N3O3. The van der Waals surface area contributed by atoms with Gasteiger partial charge in [0.05, 0.1) is 24.9 Å². The number of amides is 1. The molecule has 0 spiro atoms. The van der Waals surface area contributed by atoms with Gasteiger partial charge in [-0.25, -0.2) is 0 Å². The topological polar surface area (TPSA) is 62.7 Å². The molecule has 0 fully saturated rings. The lowest BCUT2D eigenvalue weighted by molar-refractivity contribution is -0.133. The first-order valence-electron chi connectivity index (χ1n) is 10.6. The van der Waals surface area contributed by atoms with Gasteiger partial charge in [0.25, 0.3) is 0 Å². The van der Waals surface area contributed by atoms with Gasteiger partial charge >= 0.3 is 0 Å². The SMILES string of the molecule is CCN(CC)c1onc(-c2ccccc2)c1CN(Cc1ccco1)C(=O)CC(C)C. The fraction of sp³-hybridized carbons (Fsp3) is 0.417. The van der Waals surface area contributed by atoms with Crippen molar-refractivity contribution < 1.29 is 13.7 Å². The average Bonchev–Trinajstić information content (AvgIpc) is 3.39. The summed E-state index contributed by atoms with van der Waals surface area (Å²) in [6.07, 6.45) is 2.11. The lowest BCUT2D eigenvalue weighted by Gasteiger charge is -2.25. The third-order valence-corrected chi connectivity index (χ3v) is 5.08. The van der Waals surface area contributed by atoms with E-state index in [2.05, 4.69) is 37.8 Å². The van der Waals surface area contributed by atoms with E-state index in [1.165, 1.54) is 0 Å². The molecule has 0 saturated carbocycles. The van der Waals surface area contributed by atoms with Crippen LogP contribution in [-0.2, 0) is 17.9 Å². The zero-order valence-corrected chi connectivity index (χ0v) is 18.3. The molecule has 2 aromatic heterocycles. The zero-order chi connectivity index (χ0) is 21.5. The molecule has 6 nitrogen and oxygen atoms in total. The monoisotopic (exact) mass is 409 g/mol. The van der Waals surface area contributed by atoms with Crippen molar-refractivity contribution in [3.8, 4) is 11.3 Å². The Bertz CT molecular complexity index is 913. The van der Waals surface area contributed by atoms with Crippen LogP contribution in [0.3, 0.4) is 0 Å². The largest absolute Gasteiger partial charge is 0.467 e. The number of anilines is 1. The third-order valence-electron chi connectivity index (χ3n) is 5.08. The van der Waals surface area contributed by atoms with Crippen LogP contribution >= 0.6 is 0 Å². The van der Waals surface area contributed by atoms with Crippen molar-refractivity contribution in [2.24, 2.45) is 5.92 Å². The molecule has 3 aromatic rings. The lowest BCUT2D eigenvalue weighted by Crippen LogP contribution is -2.32. The molecule has 0 bridgehead atoms. The van der Waals surface area contributed by atoms with Gasteiger partial charge in [0, 0.05) is 25.1 Å². The lowest BCUT2D eigenvalue weighted by atomic mass is 10.1. The maximum atomic E-state index is 13.1. The molecule has 0 radical (unpaired) electrons. The normalized spacial score (nSPS) is 11.1. The second-order valence-corrected chi connectivity index (χ2v) is 7.78. The molecule has 0 aliphatic rings. The van der Waals surface area contributed by atoms with Gasteiger partial charge in [-0.15, -0.1) is 0 Å². The van der Waals surface area contributed by atoms with E-state index in [0.29, 0.717) is 19.5 Å². The summed E-state index contributed by atoms with van der Waals surface area (Å²) in [5.41, 5.74) is 2.68. The van der Waals surface area contributed by atoms with Crippen LogP contribution in [0.4, 0.5) is 5.88 Å². The molecule has 0 unspecified atom stereocenters. The number of rotatable bonds is 10. The Morgan fingerprint density at radius 3 is 2.37 bits per heavy atom. The molecule has 30 heavy (non-hydrogen) atoms. The summed E-state index contributed by atoms with van der Waals surface area (Å²) in [5.74, 6) is 1.84. The second kappa shape index (κ2) is 10.1. The predicted molar refractivity (Wildman–Crippen MR) is 118 cm³/mol. The molecular weight excluding hydrogens is 378 g/mol. The highest BCUT2D eigenvalue weighted by molar-refractivity contribution is 5.77. The number of hydrogen-bond acceptors (Lipinski definition) is 5. The van der Waals surface area contributed by atoms with Gasteiger partial charge in [-0.05, 0) is 31.9 Å². The minimum absolute atomic E-state index is 0.0899. The van der Waals surface area contributed by atoms with Crippen LogP contribution in [0.25, 0.3) is 11.3 Å². The quantitative estimate of drug-likeness (QED) is 0.451. The smallest absolute Gasteiger partial charge is 0.232 e. The fourth-order valence-corrected chi connectivity index (χ4v) is 3.52. The summed E-state index contributed by atoms with van der Waals surface area (Å²) >= 11 is 0. The Morgan fingerprint density at radius 1 is 1.03 bits per heavy atom. The first-order chi connectivity index (χ1) is 14.5. The van der Waals surface area contributed by atoms with Crippen molar-refractivity contribution in [3.05, 3.63) is 60.1 Å². The maximum absolute atomic E-state index is 13.1. The Hall–Kier alpha value is -3.02. The summed E-state index contributed by atoms with van der Waals surface area (Å²) in [6, 6.07) is 13.7. The Kier molecular flexibility index (Phi) is 7.33. The minimum atomic E-state index is 0.0899. The van der Waals surface area contributed by atoms with Gasteiger partial charge in [-0.2, -0.15) is 0 Å². The fourth-order valence-electron chi connectivity index (χ4n) is 3.52. The highest BCUT2D eigenvalue weighted by Crippen LogP contribution is 2.33. The van der Waals surface area contributed by atoms with Gasteiger partial charge in [0.1, 0.15) is 11.5 Å². The van der Waals surface area contributed by atoms with Crippen LogP contribution in [-0.4, -0.2) is 29.1 Å². The number of aromatic nitrogens is 1. The molecule has 1 amide bonds. The van der Waals surface area contributed by atoms with E-state index < -0.39 is 0 Å². The van der Waals surface area contributed by atoms with Crippen molar-refractivity contribution in [1.29, 1.82) is 0 Å². The Balaban J connectivity index is 2.00. The summed E-state index contributed by atoms with van der Waals surface area (Å²) < 4.78 is 11.3. The molecule has 0 aliphatic heterocycles.